The molecule has 1 aromatic heterocycles. The number of nitrogens with two attached hydrogens (primary N) is 2. The number of rotatable bonds is 4. The Bertz CT molecular complexity index is 599. The topological polar surface area (TPSA) is 94.0 Å². The lowest BCUT2D eigenvalue weighted by Crippen LogP contribution is -2.15. The number of hydrogen-bond donors (Lipinski definition) is 2. The zero-order chi connectivity index (χ0) is 14.7. The van der Waals surface area contributed by atoms with Gasteiger partial charge in [-0.05, 0) is 18.2 Å². The molecule has 0 amide bonds. The van der Waals surface area contributed by atoms with Gasteiger partial charge in [0, 0.05) is 24.7 Å². The van der Waals surface area contributed by atoms with Crippen LogP contribution in [0.2, 0.25) is 0 Å². The molecule has 2 aromatic rings. The summed E-state index contributed by atoms with van der Waals surface area (Å²) in [5.74, 6) is 1.28. The van der Waals surface area contributed by atoms with Crippen LogP contribution in [0.25, 0.3) is 0 Å². The molecule has 2 rings (SSSR count). The van der Waals surface area contributed by atoms with E-state index in [0.29, 0.717) is 28.1 Å². The van der Waals surface area contributed by atoms with Gasteiger partial charge in [-0.2, -0.15) is 15.0 Å². The number of anilines is 3. The van der Waals surface area contributed by atoms with Gasteiger partial charge < -0.3 is 16.4 Å². The van der Waals surface area contributed by atoms with E-state index in [1.165, 1.54) is 23.9 Å². The van der Waals surface area contributed by atoms with Gasteiger partial charge in [-0.15, -0.1) is 11.8 Å². The van der Waals surface area contributed by atoms with Crippen molar-refractivity contribution in [1.29, 1.82) is 0 Å². The van der Waals surface area contributed by atoms with E-state index in [0.717, 1.165) is 0 Å². The quantitative estimate of drug-likeness (QED) is 0.652. The zero-order valence-electron chi connectivity index (χ0n) is 11.2. The van der Waals surface area contributed by atoms with Gasteiger partial charge in [0.25, 0.3) is 0 Å². The van der Waals surface area contributed by atoms with Crippen molar-refractivity contribution in [1.82, 2.24) is 15.0 Å². The third-order valence-corrected chi connectivity index (χ3v) is 3.32. The lowest BCUT2D eigenvalue weighted by molar-refractivity contribution is 0.625. The second kappa shape index (κ2) is 5.91. The second-order valence-corrected chi connectivity index (χ2v) is 5.36. The molecule has 0 unspecified atom stereocenters. The Labute approximate surface area is 120 Å². The molecule has 1 heterocycles. The summed E-state index contributed by atoms with van der Waals surface area (Å²) in [6.45, 7) is 0. The van der Waals surface area contributed by atoms with Crippen molar-refractivity contribution < 1.29 is 4.39 Å². The van der Waals surface area contributed by atoms with Gasteiger partial charge >= 0.3 is 0 Å². The molecule has 0 aliphatic rings. The molecule has 0 aliphatic heterocycles. The Morgan fingerprint density at radius 3 is 2.55 bits per heavy atom. The lowest BCUT2D eigenvalue weighted by atomic mass is 10.3. The minimum absolute atomic E-state index is 0.165. The number of nitrogens with zero attached hydrogens (tertiary/aromatic N) is 4. The van der Waals surface area contributed by atoms with Gasteiger partial charge in [-0.3, -0.25) is 0 Å². The molecule has 0 aliphatic carbocycles. The van der Waals surface area contributed by atoms with Gasteiger partial charge in [0.2, 0.25) is 11.9 Å². The molecule has 0 saturated carbocycles. The molecule has 4 N–H and O–H groups in total. The smallest absolute Gasteiger partial charge is 0.229 e. The minimum atomic E-state index is -0.364. The van der Waals surface area contributed by atoms with Crippen LogP contribution in [-0.2, 0) is 5.75 Å². The molecule has 1 aromatic carbocycles. The summed E-state index contributed by atoms with van der Waals surface area (Å²) in [5, 5.41) is 0. The Hall–Kier alpha value is -2.09. The van der Waals surface area contributed by atoms with Crippen LogP contribution in [0.4, 0.5) is 22.0 Å². The van der Waals surface area contributed by atoms with E-state index in [4.69, 9.17) is 11.5 Å². The van der Waals surface area contributed by atoms with E-state index in [9.17, 15) is 4.39 Å². The van der Waals surface area contributed by atoms with Crippen molar-refractivity contribution in [3.63, 3.8) is 0 Å². The van der Waals surface area contributed by atoms with Crippen LogP contribution < -0.4 is 16.4 Å². The first-order valence-electron chi connectivity index (χ1n) is 5.80. The highest BCUT2D eigenvalue weighted by Crippen LogP contribution is 2.25. The number of nitrogen functional groups attached to an aromatic ring is 2. The zero-order valence-corrected chi connectivity index (χ0v) is 12.0. The molecule has 106 valence electrons. The molecule has 0 saturated heterocycles. The van der Waals surface area contributed by atoms with E-state index in [2.05, 4.69) is 15.0 Å². The SMILES string of the molecule is CN(C)c1nc(N)nc(CSc2cc(N)cc(F)c2)n1. The van der Waals surface area contributed by atoms with Crippen LogP contribution in [-0.4, -0.2) is 29.0 Å². The molecule has 0 radical (unpaired) electrons. The maximum absolute atomic E-state index is 13.2. The van der Waals surface area contributed by atoms with Gasteiger partial charge in [0.1, 0.15) is 11.6 Å². The molecular formula is C12H15FN6S. The third kappa shape index (κ3) is 3.70. The fourth-order valence-electron chi connectivity index (χ4n) is 1.51. The van der Waals surface area contributed by atoms with E-state index < -0.39 is 0 Å². The molecule has 8 heteroatoms. The summed E-state index contributed by atoms with van der Waals surface area (Å²) in [6, 6.07) is 4.39. The van der Waals surface area contributed by atoms with Gasteiger partial charge in [-0.1, -0.05) is 0 Å². The summed E-state index contributed by atoms with van der Waals surface area (Å²) in [4.78, 5) is 14.8. The van der Waals surface area contributed by atoms with E-state index in [-0.39, 0.29) is 11.8 Å². The Kier molecular flexibility index (Phi) is 4.23. The van der Waals surface area contributed by atoms with Crippen molar-refractivity contribution in [2.45, 2.75) is 10.6 Å². The Morgan fingerprint density at radius 1 is 1.15 bits per heavy atom. The molecule has 6 nitrogen and oxygen atoms in total. The first kappa shape index (κ1) is 14.3. The maximum atomic E-state index is 13.2. The number of hydrogen-bond acceptors (Lipinski definition) is 7. The van der Waals surface area contributed by atoms with Crippen molar-refractivity contribution in [3.8, 4) is 0 Å². The average molecular weight is 294 g/mol. The highest BCUT2D eigenvalue weighted by Gasteiger charge is 2.07. The predicted molar refractivity (Wildman–Crippen MR) is 78.9 cm³/mol. The summed E-state index contributed by atoms with van der Waals surface area (Å²) in [6.07, 6.45) is 0. The first-order valence-corrected chi connectivity index (χ1v) is 6.79. The van der Waals surface area contributed by atoms with Crippen molar-refractivity contribution >= 4 is 29.3 Å². The summed E-state index contributed by atoms with van der Waals surface area (Å²) in [7, 11) is 3.64. The maximum Gasteiger partial charge on any atom is 0.229 e. The van der Waals surface area contributed by atoms with Crippen LogP contribution >= 0.6 is 11.8 Å². The second-order valence-electron chi connectivity index (χ2n) is 4.31. The predicted octanol–water partition coefficient (Wildman–Crippen LogP) is 1.53. The summed E-state index contributed by atoms with van der Waals surface area (Å²) in [5.41, 5.74) is 11.6. The van der Waals surface area contributed by atoms with E-state index in [1.807, 2.05) is 14.1 Å². The Balaban J connectivity index is 2.14. The van der Waals surface area contributed by atoms with Crippen LogP contribution in [0.15, 0.2) is 23.1 Å². The molecule has 20 heavy (non-hydrogen) atoms. The van der Waals surface area contributed by atoms with Crippen molar-refractivity contribution in [2.75, 3.05) is 30.5 Å². The largest absolute Gasteiger partial charge is 0.399 e. The minimum Gasteiger partial charge on any atom is -0.399 e. The Morgan fingerprint density at radius 2 is 1.90 bits per heavy atom. The number of benzene rings is 1. The first-order chi connectivity index (χ1) is 9.44. The summed E-state index contributed by atoms with van der Waals surface area (Å²) >= 11 is 1.38. The highest BCUT2D eigenvalue weighted by atomic mass is 32.2. The van der Waals surface area contributed by atoms with Gasteiger partial charge in [-0.25, -0.2) is 4.39 Å². The third-order valence-electron chi connectivity index (χ3n) is 2.35. The fourth-order valence-corrected chi connectivity index (χ4v) is 2.35. The van der Waals surface area contributed by atoms with Gasteiger partial charge in [0.05, 0.1) is 5.75 Å². The van der Waals surface area contributed by atoms with E-state index in [1.54, 1.807) is 11.0 Å². The number of thioether (sulfide) groups is 1. The van der Waals surface area contributed by atoms with E-state index >= 15 is 0 Å². The molecule has 0 fully saturated rings. The molecule has 0 spiro atoms. The fraction of sp³-hybridized carbons (Fsp3) is 0.250. The van der Waals surface area contributed by atoms with Crippen LogP contribution in [0.3, 0.4) is 0 Å². The molecule has 0 bridgehead atoms. The standard InChI is InChI=1S/C12H15FN6S/c1-19(2)12-17-10(16-11(15)18-12)6-20-9-4-7(13)3-8(14)5-9/h3-5H,6,14H2,1-2H3,(H2,15,16,17,18). The number of halogens is 1. The van der Waals surface area contributed by atoms with Crippen LogP contribution in [0.1, 0.15) is 5.82 Å². The van der Waals surface area contributed by atoms with Crippen molar-refractivity contribution in [3.05, 3.63) is 29.8 Å². The lowest BCUT2D eigenvalue weighted by Gasteiger charge is -2.11. The van der Waals surface area contributed by atoms with Crippen molar-refractivity contribution in [2.24, 2.45) is 0 Å². The monoisotopic (exact) mass is 294 g/mol. The number of aromatic nitrogens is 3. The molecule has 0 atom stereocenters. The van der Waals surface area contributed by atoms with Crippen LogP contribution in [0, 0.1) is 5.82 Å². The summed E-state index contributed by atoms with van der Waals surface area (Å²) < 4.78 is 13.2. The molecular weight excluding hydrogens is 279 g/mol. The van der Waals surface area contributed by atoms with Gasteiger partial charge in [0.15, 0.2) is 0 Å². The average Bonchev–Trinajstić information content (AvgIpc) is 2.34. The van der Waals surface area contributed by atoms with Crippen LogP contribution in [0.5, 0.6) is 0 Å². The highest BCUT2D eigenvalue weighted by molar-refractivity contribution is 7.98. The normalized spacial score (nSPS) is 10.6.